The molecule has 5 N–H and O–H groups in total. The van der Waals surface area contributed by atoms with E-state index >= 15 is 0 Å². The number of carboxylic acids is 1. The van der Waals surface area contributed by atoms with Crippen molar-refractivity contribution < 1.29 is 30.3 Å². The third-order valence-electron chi connectivity index (χ3n) is 5.87. The van der Waals surface area contributed by atoms with Crippen LogP contribution in [0, 0.1) is 0 Å². The minimum Gasteiger partial charge on any atom is -0.480 e. The Kier molecular flexibility index (Phi) is 20.6. The highest BCUT2D eigenvalue weighted by atomic mass is 16.4. The van der Waals surface area contributed by atoms with Gasteiger partial charge in [0.2, 0.25) is 0 Å². The number of nitrogens with zero attached hydrogens (tertiary/aromatic N) is 1. The van der Waals surface area contributed by atoms with Gasteiger partial charge in [0.1, 0.15) is 6.04 Å². The number of aliphatic hydroxyl groups excluding tert-OH is 4. The summed E-state index contributed by atoms with van der Waals surface area (Å²) < 4.78 is 0. The third-order valence-corrected chi connectivity index (χ3v) is 5.87. The van der Waals surface area contributed by atoms with Gasteiger partial charge >= 0.3 is 5.97 Å². The van der Waals surface area contributed by atoms with Crippen LogP contribution in [0.15, 0.2) is 0 Å². The summed E-state index contributed by atoms with van der Waals surface area (Å²) in [4.78, 5) is 13.2. The lowest BCUT2D eigenvalue weighted by molar-refractivity contribution is -0.145. The van der Waals surface area contributed by atoms with Gasteiger partial charge in [0.15, 0.2) is 0 Å². The minimum absolute atomic E-state index is 0.0524. The Hall–Kier alpha value is -0.730. The predicted octanol–water partition coefficient (Wildman–Crippen LogP) is 3.32. The first kappa shape index (κ1) is 30.3. The van der Waals surface area contributed by atoms with E-state index in [4.69, 9.17) is 10.2 Å². The smallest absolute Gasteiger partial charge is 0.320 e. The van der Waals surface area contributed by atoms with Crippen LogP contribution in [0.4, 0.5) is 0 Å². The summed E-state index contributed by atoms with van der Waals surface area (Å²) >= 11 is 0. The van der Waals surface area contributed by atoms with Gasteiger partial charge in [-0.15, -0.1) is 0 Å². The largest absolute Gasteiger partial charge is 0.480 e. The molecule has 0 aromatic carbocycles. The van der Waals surface area contributed by atoms with Gasteiger partial charge in [-0.2, -0.15) is 0 Å². The van der Waals surface area contributed by atoms with Gasteiger partial charge in [-0.25, -0.2) is 0 Å². The van der Waals surface area contributed by atoms with E-state index < -0.39 is 37.4 Å². The van der Waals surface area contributed by atoms with Gasteiger partial charge < -0.3 is 25.5 Å². The van der Waals surface area contributed by atoms with Gasteiger partial charge in [-0.3, -0.25) is 9.69 Å². The molecule has 0 saturated carbocycles. The van der Waals surface area contributed by atoms with Crippen LogP contribution in [-0.2, 0) is 4.79 Å². The van der Waals surface area contributed by atoms with E-state index in [0.29, 0.717) is 6.42 Å². The maximum absolute atomic E-state index is 11.7. The Balaban J connectivity index is 3.98. The molecule has 0 fully saturated rings. The molecule has 3 atom stereocenters. The highest BCUT2D eigenvalue weighted by Crippen LogP contribution is 2.16. The first-order valence-corrected chi connectivity index (χ1v) is 12.5. The van der Waals surface area contributed by atoms with Crippen molar-refractivity contribution in [3.05, 3.63) is 0 Å². The van der Waals surface area contributed by atoms with E-state index in [1.807, 2.05) is 0 Å². The van der Waals surface area contributed by atoms with Crippen molar-refractivity contribution in [1.82, 2.24) is 4.90 Å². The van der Waals surface area contributed by atoms with Crippen molar-refractivity contribution in [3.63, 3.8) is 0 Å². The van der Waals surface area contributed by atoms with Crippen LogP contribution in [0.3, 0.4) is 0 Å². The van der Waals surface area contributed by atoms with Gasteiger partial charge in [0.25, 0.3) is 0 Å². The van der Waals surface area contributed by atoms with E-state index in [1.165, 1.54) is 75.5 Å². The molecule has 0 spiro atoms. The number of aliphatic hydroxyl groups is 4. The Morgan fingerprint density at radius 1 is 0.677 bits per heavy atom. The summed E-state index contributed by atoms with van der Waals surface area (Å²) in [5.74, 6) is -1.01. The number of carbonyl (C=O) groups is 1. The molecule has 186 valence electrons. The average molecular weight is 448 g/mol. The summed E-state index contributed by atoms with van der Waals surface area (Å²) in [6.45, 7) is 1.19. The monoisotopic (exact) mass is 447 g/mol. The molecule has 0 amide bonds. The first-order valence-electron chi connectivity index (χ1n) is 12.5. The van der Waals surface area contributed by atoms with Crippen molar-refractivity contribution >= 4 is 5.97 Å². The van der Waals surface area contributed by atoms with E-state index in [9.17, 15) is 20.1 Å². The molecule has 0 bridgehead atoms. The molecule has 0 aliphatic carbocycles. The number of unbranched alkanes of at least 4 members (excludes halogenated alkanes) is 13. The van der Waals surface area contributed by atoms with E-state index in [1.54, 1.807) is 0 Å². The summed E-state index contributed by atoms with van der Waals surface area (Å²) in [5.41, 5.74) is 0. The van der Waals surface area contributed by atoms with Crippen LogP contribution in [0.2, 0.25) is 0 Å². The van der Waals surface area contributed by atoms with Crippen molar-refractivity contribution in [2.45, 2.75) is 121 Å². The second-order valence-corrected chi connectivity index (χ2v) is 8.87. The Morgan fingerprint density at radius 3 is 1.35 bits per heavy atom. The van der Waals surface area contributed by atoms with Crippen molar-refractivity contribution in [3.8, 4) is 0 Å². The third kappa shape index (κ3) is 17.5. The SMILES string of the molecule is CCCCCCCCCCCCCCCCC(C(=O)O)N(CC(O)CO)CC(O)CO. The Morgan fingerprint density at radius 2 is 1.03 bits per heavy atom. The normalized spacial score (nSPS) is 14.6. The topological polar surface area (TPSA) is 121 Å². The lowest BCUT2D eigenvalue weighted by Gasteiger charge is -2.31. The molecule has 3 unspecified atom stereocenters. The number of carboxylic acid groups (broad SMARTS) is 1. The fourth-order valence-electron chi connectivity index (χ4n) is 3.98. The van der Waals surface area contributed by atoms with Crippen LogP contribution in [0.1, 0.15) is 103 Å². The number of hydrogen-bond donors (Lipinski definition) is 5. The second-order valence-electron chi connectivity index (χ2n) is 8.87. The minimum atomic E-state index is -1.08. The van der Waals surface area contributed by atoms with Gasteiger partial charge in [0.05, 0.1) is 25.4 Å². The quantitative estimate of drug-likeness (QED) is 0.152. The summed E-state index contributed by atoms with van der Waals surface area (Å²) in [5, 5.41) is 47.1. The molecule has 0 aromatic heterocycles. The van der Waals surface area contributed by atoms with Crippen LogP contribution >= 0.6 is 0 Å². The maximum Gasteiger partial charge on any atom is 0.320 e. The lowest BCUT2D eigenvalue weighted by atomic mass is 10.0. The molecule has 0 aliphatic rings. The molecule has 0 rings (SSSR count). The second kappa shape index (κ2) is 21.1. The average Bonchev–Trinajstić information content (AvgIpc) is 2.75. The maximum atomic E-state index is 11.7. The molecule has 0 aromatic rings. The summed E-state index contributed by atoms with van der Waals surface area (Å²) in [7, 11) is 0. The molecular weight excluding hydrogens is 398 g/mol. The van der Waals surface area contributed by atoms with E-state index in [0.717, 1.165) is 19.3 Å². The summed E-state index contributed by atoms with van der Waals surface area (Å²) in [6, 6.07) is -0.847. The summed E-state index contributed by atoms with van der Waals surface area (Å²) in [6.07, 6.45) is 15.5. The van der Waals surface area contributed by atoms with Crippen LogP contribution in [0.25, 0.3) is 0 Å². The van der Waals surface area contributed by atoms with Crippen molar-refractivity contribution in [2.24, 2.45) is 0 Å². The zero-order valence-corrected chi connectivity index (χ0v) is 19.8. The lowest BCUT2D eigenvalue weighted by Crippen LogP contribution is -2.49. The Bertz CT molecular complexity index is 398. The fraction of sp³-hybridized carbons (Fsp3) is 0.958. The van der Waals surface area contributed by atoms with E-state index in [-0.39, 0.29) is 13.1 Å². The van der Waals surface area contributed by atoms with E-state index in [2.05, 4.69) is 6.92 Å². The highest BCUT2D eigenvalue weighted by molar-refractivity contribution is 5.73. The van der Waals surface area contributed by atoms with Crippen molar-refractivity contribution in [1.29, 1.82) is 0 Å². The predicted molar refractivity (Wildman–Crippen MR) is 124 cm³/mol. The standard InChI is InChI=1S/C24H49NO6/c1-2-3-4-5-6-7-8-9-10-11-12-13-14-15-16-23(24(30)31)25(17-21(28)19-26)18-22(29)20-27/h21-23,26-29H,2-20H2,1H3,(H,30,31). The van der Waals surface area contributed by atoms with Crippen LogP contribution < -0.4 is 0 Å². The number of aliphatic carboxylic acids is 1. The van der Waals surface area contributed by atoms with Gasteiger partial charge in [-0.1, -0.05) is 96.8 Å². The molecule has 0 aliphatic heterocycles. The molecule has 7 nitrogen and oxygen atoms in total. The zero-order valence-electron chi connectivity index (χ0n) is 19.8. The van der Waals surface area contributed by atoms with Gasteiger partial charge in [-0.05, 0) is 6.42 Å². The molecular formula is C24H49NO6. The van der Waals surface area contributed by atoms with Crippen LogP contribution in [0.5, 0.6) is 0 Å². The molecule has 0 radical (unpaired) electrons. The Labute approximate surface area is 189 Å². The molecule has 0 saturated heterocycles. The zero-order chi connectivity index (χ0) is 23.3. The fourth-order valence-corrected chi connectivity index (χ4v) is 3.98. The van der Waals surface area contributed by atoms with Gasteiger partial charge in [0, 0.05) is 13.1 Å². The highest BCUT2D eigenvalue weighted by Gasteiger charge is 2.28. The van der Waals surface area contributed by atoms with Crippen LogP contribution in [-0.4, -0.2) is 81.0 Å². The molecule has 7 heteroatoms. The number of hydrogen-bond acceptors (Lipinski definition) is 6. The molecule has 31 heavy (non-hydrogen) atoms. The number of rotatable bonds is 23. The first-order chi connectivity index (χ1) is 15.0. The molecule has 0 heterocycles. The van der Waals surface area contributed by atoms with Crippen molar-refractivity contribution in [2.75, 3.05) is 26.3 Å².